The van der Waals surface area contributed by atoms with Crippen molar-refractivity contribution in [1.29, 1.82) is 10.5 Å². The van der Waals surface area contributed by atoms with Crippen LogP contribution < -0.4 is 4.74 Å². The Labute approximate surface area is 140 Å². The van der Waals surface area contributed by atoms with E-state index in [1.165, 1.54) is 11.1 Å². The summed E-state index contributed by atoms with van der Waals surface area (Å²) in [5.41, 5.74) is 0.395. The minimum Gasteiger partial charge on any atom is -0.439 e. The van der Waals surface area contributed by atoms with Crippen molar-refractivity contribution in [3.05, 3.63) is 54.2 Å². The number of hydrogen-bond donors (Lipinski definition) is 0. The number of rotatable bonds is 7. The maximum absolute atomic E-state index is 12.5. The number of nitrogens with zero attached hydrogens (tertiary/aromatic N) is 4. The van der Waals surface area contributed by atoms with Gasteiger partial charge in [-0.2, -0.15) is 10.5 Å². The summed E-state index contributed by atoms with van der Waals surface area (Å²) in [6, 6.07) is 16.5. The molecular formula is C18H16N4O2. The van der Waals surface area contributed by atoms with E-state index >= 15 is 0 Å². The first-order valence-electron chi connectivity index (χ1n) is 7.46. The quantitative estimate of drug-likeness (QED) is 0.781. The highest BCUT2D eigenvalue weighted by molar-refractivity contribution is 5.94. The average Bonchev–Trinajstić information content (AvgIpc) is 2.63. The standard InChI is InChI=1S/C18H16N4O2/c19-10-4-12-22(13-5-11-20)18(23)15-8-9-17(21-14-15)24-16-6-2-1-3-7-16/h1-3,6-9,14H,4-5,12-13H2. The minimum atomic E-state index is -0.251. The highest BCUT2D eigenvalue weighted by Gasteiger charge is 2.15. The van der Waals surface area contributed by atoms with Crippen LogP contribution in [0.2, 0.25) is 0 Å². The van der Waals surface area contributed by atoms with Crippen LogP contribution >= 0.6 is 0 Å². The summed E-state index contributed by atoms with van der Waals surface area (Å²) in [7, 11) is 0. The first-order chi connectivity index (χ1) is 11.7. The Morgan fingerprint density at radius 3 is 2.25 bits per heavy atom. The van der Waals surface area contributed by atoms with Crippen molar-refractivity contribution >= 4 is 5.91 Å². The zero-order chi connectivity index (χ0) is 17.2. The molecule has 0 saturated carbocycles. The van der Waals surface area contributed by atoms with Crippen LogP contribution in [-0.2, 0) is 0 Å². The molecule has 0 aliphatic rings. The van der Waals surface area contributed by atoms with Gasteiger partial charge < -0.3 is 9.64 Å². The molecule has 0 fully saturated rings. The lowest BCUT2D eigenvalue weighted by Crippen LogP contribution is -2.32. The van der Waals surface area contributed by atoms with E-state index in [0.717, 1.165) is 0 Å². The van der Waals surface area contributed by atoms with Crippen LogP contribution in [0.3, 0.4) is 0 Å². The molecule has 120 valence electrons. The van der Waals surface area contributed by atoms with E-state index in [-0.39, 0.29) is 18.7 Å². The Kier molecular flexibility index (Phi) is 6.31. The van der Waals surface area contributed by atoms with E-state index in [2.05, 4.69) is 4.98 Å². The van der Waals surface area contributed by atoms with Gasteiger partial charge in [-0.3, -0.25) is 4.79 Å². The molecule has 2 rings (SSSR count). The maximum atomic E-state index is 12.5. The van der Waals surface area contributed by atoms with Crippen LogP contribution in [0.5, 0.6) is 11.6 Å². The molecule has 0 saturated heterocycles. The molecule has 24 heavy (non-hydrogen) atoms. The third-order valence-electron chi connectivity index (χ3n) is 3.22. The lowest BCUT2D eigenvalue weighted by molar-refractivity contribution is 0.0762. The fourth-order valence-electron chi connectivity index (χ4n) is 2.04. The topological polar surface area (TPSA) is 90.0 Å². The predicted molar refractivity (Wildman–Crippen MR) is 87.1 cm³/mol. The molecule has 1 amide bonds. The Bertz CT molecular complexity index is 727. The zero-order valence-corrected chi connectivity index (χ0v) is 13.1. The largest absolute Gasteiger partial charge is 0.439 e. The van der Waals surface area contributed by atoms with E-state index < -0.39 is 0 Å². The molecule has 0 N–H and O–H groups in total. The van der Waals surface area contributed by atoms with Crippen LogP contribution in [0.25, 0.3) is 0 Å². The fourth-order valence-corrected chi connectivity index (χ4v) is 2.04. The Balaban J connectivity index is 2.06. The molecule has 0 unspecified atom stereocenters. The second kappa shape index (κ2) is 8.92. The number of aromatic nitrogens is 1. The average molecular weight is 320 g/mol. The van der Waals surface area contributed by atoms with Crippen molar-refractivity contribution in [2.45, 2.75) is 12.8 Å². The predicted octanol–water partition coefficient (Wildman–Crippen LogP) is 3.14. The van der Waals surface area contributed by atoms with E-state index in [1.54, 1.807) is 12.1 Å². The SMILES string of the molecule is N#CCCN(CCC#N)C(=O)c1ccc(Oc2ccccc2)nc1. The lowest BCUT2D eigenvalue weighted by atomic mass is 10.2. The maximum Gasteiger partial charge on any atom is 0.255 e. The second-order valence-electron chi connectivity index (χ2n) is 4.91. The number of pyridine rings is 1. The first-order valence-corrected chi connectivity index (χ1v) is 7.46. The van der Waals surface area contributed by atoms with Crippen LogP contribution in [-0.4, -0.2) is 28.9 Å². The summed E-state index contributed by atoms with van der Waals surface area (Å²) >= 11 is 0. The van der Waals surface area contributed by atoms with Crippen molar-refractivity contribution in [2.75, 3.05) is 13.1 Å². The lowest BCUT2D eigenvalue weighted by Gasteiger charge is -2.20. The molecule has 6 nitrogen and oxygen atoms in total. The summed E-state index contributed by atoms with van der Waals surface area (Å²) in [4.78, 5) is 18.1. The van der Waals surface area contributed by atoms with Gasteiger partial charge in [-0.1, -0.05) is 18.2 Å². The van der Waals surface area contributed by atoms with Gasteiger partial charge in [-0.25, -0.2) is 4.98 Å². The van der Waals surface area contributed by atoms with E-state index in [1.807, 2.05) is 42.5 Å². The van der Waals surface area contributed by atoms with Crippen LogP contribution in [0, 0.1) is 22.7 Å². The number of para-hydroxylation sites is 1. The second-order valence-corrected chi connectivity index (χ2v) is 4.91. The monoisotopic (exact) mass is 320 g/mol. The van der Waals surface area contributed by atoms with Crippen LogP contribution in [0.4, 0.5) is 0 Å². The molecule has 0 aliphatic carbocycles. The molecule has 0 radical (unpaired) electrons. The minimum absolute atomic E-state index is 0.222. The third-order valence-corrected chi connectivity index (χ3v) is 3.22. The van der Waals surface area contributed by atoms with Gasteiger partial charge in [0, 0.05) is 25.4 Å². The van der Waals surface area contributed by atoms with Crippen molar-refractivity contribution < 1.29 is 9.53 Å². The van der Waals surface area contributed by atoms with Crippen LogP contribution in [0.15, 0.2) is 48.7 Å². The molecule has 1 aromatic heterocycles. The number of hydrogen-bond acceptors (Lipinski definition) is 5. The highest BCUT2D eigenvalue weighted by Crippen LogP contribution is 2.19. The van der Waals surface area contributed by atoms with E-state index in [9.17, 15) is 4.79 Å². The number of nitriles is 2. The first kappa shape index (κ1) is 17.0. The number of benzene rings is 1. The normalized spacial score (nSPS) is 9.58. The van der Waals surface area contributed by atoms with Gasteiger partial charge in [-0.15, -0.1) is 0 Å². The summed E-state index contributed by atoms with van der Waals surface area (Å²) < 4.78 is 5.58. The Hall–Kier alpha value is -3.38. The molecule has 0 spiro atoms. The number of amides is 1. The highest BCUT2D eigenvalue weighted by atomic mass is 16.5. The molecule has 1 aromatic carbocycles. The van der Waals surface area contributed by atoms with Gasteiger partial charge in [0.1, 0.15) is 5.75 Å². The van der Waals surface area contributed by atoms with Gasteiger partial charge in [0.15, 0.2) is 0 Å². The molecule has 1 heterocycles. The molecular weight excluding hydrogens is 304 g/mol. The van der Waals surface area contributed by atoms with Gasteiger partial charge in [0.25, 0.3) is 5.91 Å². The van der Waals surface area contributed by atoms with Crippen molar-refractivity contribution in [3.8, 4) is 23.8 Å². The van der Waals surface area contributed by atoms with Gasteiger partial charge in [0.2, 0.25) is 5.88 Å². The van der Waals surface area contributed by atoms with Crippen molar-refractivity contribution in [1.82, 2.24) is 9.88 Å². The van der Waals surface area contributed by atoms with Crippen molar-refractivity contribution in [3.63, 3.8) is 0 Å². The summed E-state index contributed by atoms with van der Waals surface area (Å²) in [5.74, 6) is 0.798. The summed E-state index contributed by atoms with van der Waals surface area (Å²) in [6.45, 7) is 0.582. The number of carbonyl (C=O) groups excluding carboxylic acids is 1. The Morgan fingerprint density at radius 2 is 1.71 bits per heavy atom. The van der Waals surface area contributed by atoms with E-state index in [0.29, 0.717) is 30.3 Å². The molecule has 0 atom stereocenters. The smallest absolute Gasteiger partial charge is 0.255 e. The number of ether oxygens (including phenoxy) is 1. The van der Waals surface area contributed by atoms with Gasteiger partial charge in [-0.05, 0) is 18.2 Å². The molecule has 2 aromatic rings. The van der Waals surface area contributed by atoms with Gasteiger partial charge in [0.05, 0.1) is 30.5 Å². The molecule has 0 bridgehead atoms. The van der Waals surface area contributed by atoms with Gasteiger partial charge >= 0.3 is 0 Å². The Morgan fingerprint density at radius 1 is 1.04 bits per heavy atom. The van der Waals surface area contributed by atoms with Crippen molar-refractivity contribution in [2.24, 2.45) is 0 Å². The molecule has 0 aliphatic heterocycles. The summed E-state index contributed by atoms with van der Waals surface area (Å²) in [5, 5.41) is 17.4. The summed E-state index contributed by atoms with van der Waals surface area (Å²) in [6.07, 6.45) is 1.88. The molecule has 6 heteroatoms. The zero-order valence-electron chi connectivity index (χ0n) is 13.1. The van der Waals surface area contributed by atoms with Crippen LogP contribution in [0.1, 0.15) is 23.2 Å². The van der Waals surface area contributed by atoms with E-state index in [4.69, 9.17) is 15.3 Å². The third kappa shape index (κ3) is 4.82. The number of carbonyl (C=O) groups is 1. The fraction of sp³-hybridized carbons (Fsp3) is 0.222.